The fourth-order valence-corrected chi connectivity index (χ4v) is 4.50. The minimum Gasteiger partial charge on any atom is -0.369 e. The van der Waals surface area contributed by atoms with Gasteiger partial charge in [-0.3, -0.25) is 0 Å². The number of nitrogens with zero attached hydrogens (tertiary/aromatic N) is 5. The predicted molar refractivity (Wildman–Crippen MR) is 96.7 cm³/mol. The Hall–Kier alpha value is -2.02. The maximum absolute atomic E-state index is 4.66. The molecule has 0 amide bonds. The average molecular weight is 342 g/mol. The third-order valence-corrected chi connectivity index (χ3v) is 6.03. The van der Waals surface area contributed by atoms with Gasteiger partial charge < -0.3 is 9.88 Å². The Labute approximate surface area is 145 Å². The van der Waals surface area contributed by atoms with Gasteiger partial charge >= 0.3 is 0 Å². The van der Waals surface area contributed by atoms with Crippen molar-refractivity contribution in [1.29, 1.82) is 0 Å². The number of fused-ring (bicyclic) bond motifs is 2. The first-order valence-electron chi connectivity index (χ1n) is 8.40. The zero-order valence-electron chi connectivity index (χ0n) is 14.6. The summed E-state index contributed by atoms with van der Waals surface area (Å²) in [5.41, 5.74) is 1.29. The Morgan fingerprint density at radius 2 is 2.00 bits per heavy atom. The number of anilines is 1. The summed E-state index contributed by atoms with van der Waals surface area (Å²) in [4.78, 5) is 11.7. The fourth-order valence-electron chi connectivity index (χ4n) is 3.42. The molecular formula is C17H22N6S. The molecular weight excluding hydrogens is 320 g/mol. The molecule has 4 rings (SSSR count). The van der Waals surface area contributed by atoms with E-state index < -0.39 is 0 Å². The molecule has 0 spiro atoms. The van der Waals surface area contributed by atoms with Crippen molar-refractivity contribution in [3.63, 3.8) is 0 Å². The molecule has 0 aromatic carbocycles. The highest BCUT2D eigenvalue weighted by atomic mass is 32.1. The monoisotopic (exact) mass is 342 g/mol. The van der Waals surface area contributed by atoms with Gasteiger partial charge in [-0.25, -0.2) is 9.97 Å². The molecule has 0 unspecified atom stereocenters. The molecule has 24 heavy (non-hydrogen) atoms. The van der Waals surface area contributed by atoms with Crippen LogP contribution in [0.5, 0.6) is 0 Å². The van der Waals surface area contributed by atoms with Crippen LogP contribution in [0.3, 0.4) is 0 Å². The molecule has 4 heterocycles. The predicted octanol–water partition coefficient (Wildman–Crippen LogP) is 3.19. The molecule has 3 aromatic rings. The van der Waals surface area contributed by atoms with Crippen LogP contribution in [0.15, 0.2) is 0 Å². The normalized spacial score (nSPS) is 17.2. The summed E-state index contributed by atoms with van der Waals surface area (Å²) in [6, 6.07) is 0. The van der Waals surface area contributed by atoms with Crippen LogP contribution in [0.4, 0.5) is 5.82 Å². The highest BCUT2D eigenvalue weighted by molar-refractivity contribution is 7.18. The SMILES string of the molecule is Cc1nc(NC[C@H]2CCc3nnc(C)n3C2)c2c(C)c(C)sc2n1. The van der Waals surface area contributed by atoms with Crippen LogP contribution in [-0.2, 0) is 13.0 Å². The lowest BCUT2D eigenvalue weighted by Gasteiger charge is -2.24. The molecule has 0 saturated carbocycles. The van der Waals surface area contributed by atoms with Gasteiger partial charge in [0.2, 0.25) is 0 Å². The van der Waals surface area contributed by atoms with Gasteiger partial charge in [0, 0.05) is 24.4 Å². The van der Waals surface area contributed by atoms with E-state index in [1.807, 2.05) is 13.8 Å². The number of aryl methyl sites for hydroxylation is 5. The number of nitrogens with one attached hydrogen (secondary N) is 1. The Morgan fingerprint density at radius 1 is 1.17 bits per heavy atom. The molecule has 1 aliphatic rings. The molecule has 1 N–H and O–H groups in total. The Morgan fingerprint density at radius 3 is 2.83 bits per heavy atom. The second-order valence-electron chi connectivity index (χ2n) is 6.64. The molecule has 0 fully saturated rings. The third-order valence-electron chi connectivity index (χ3n) is 4.93. The second kappa shape index (κ2) is 5.81. The van der Waals surface area contributed by atoms with E-state index in [2.05, 4.69) is 43.9 Å². The molecule has 0 aliphatic carbocycles. The summed E-state index contributed by atoms with van der Waals surface area (Å²) in [7, 11) is 0. The van der Waals surface area contributed by atoms with Crippen LogP contribution in [0, 0.1) is 33.6 Å². The number of hydrogen-bond acceptors (Lipinski definition) is 6. The zero-order valence-corrected chi connectivity index (χ0v) is 15.4. The van der Waals surface area contributed by atoms with Crippen molar-refractivity contribution in [3.05, 3.63) is 27.9 Å². The quantitative estimate of drug-likeness (QED) is 0.792. The summed E-state index contributed by atoms with van der Waals surface area (Å²) < 4.78 is 2.25. The van der Waals surface area contributed by atoms with E-state index in [9.17, 15) is 0 Å². The molecule has 0 radical (unpaired) electrons. The van der Waals surface area contributed by atoms with Crippen LogP contribution in [0.25, 0.3) is 10.2 Å². The van der Waals surface area contributed by atoms with Crippen molar-refractivity contribution in [2.24, 2.45) is 5.92 Å². The van der Waals surface area contributed by atoms with E-state index in [4.69, 9.17) is 0 Å². The van der Waals surface area contributed by atoms with Crippen molar-refractivity contribution in [1.82, 2.24) is 24.7 Å². The number of aromatic nitrogens is 5. The fraction of sp³-hybridized carbons (Fsp3) is 0.529. The average Bonchev–Trinajstić information content (AvgIpc) is 3.05. The largest absolute Gasteiger partial charge is 0.369 e. The summed E-state index contributed by atoms with van der Waals surface area (Å²) in [6.07, 6.45) is 2.14. The van der Waals surface area contributed by atoms with E-state index in [1.165, 1.54) is 15.8 Å². The van der Waals surface area contributed by atoms with Gasteiger partial charge in [0.25, 0.3) is 0 Å². The van der Waals surface area contributed by atoms with Gasteiger partial charge in [-0.1, -0.05) is 0 Å². The van der Waals surface area contributed by atoms with Crippen LogP contribution in [-0.4, -0.2) is 31.3 Å². The molecule has 0 saturated heterocycles. The molecule has 7 heteroatoms. The van der Waals surface area contributed by atoms with E-state index >= 15 is 0 Å². The lowest BCUT2D eigenvalue weighted by atomic mass is 9.99. The minimum atomic E-state index is 0.567. The van der Waals surface area contributed by atoms with Crippen molar-refractivity contribution in [3.8, 4) is 0 Å². The standard InChI is InChI=1S/C17H22N6S/c1-9-10(2)24-17-15(9)16(19-11(3)20-17)18-7-13-5-6-14-22-21-12(4)23(14)8-13/h13H,5-8H2,1-4H3,(H,18,19,20)/t13-/m1/s1. The van der Waals surface area contributed by atoms with Crippen LogP contribution >= 0.6 is 11.3 Å². The Bertz CT molecular complexity index is 910. The molecule has 1 atom stereocenters. The van der Waals surface area contributed by atoms with E-state index in [0.717, 1.165) is 54.1 Å². The lowest BCUT2D eigenvalue weighted by Crippen LogP contribution is -2.27. The first-order valence-corrected chi connectivity index (χ1v) is 9.21. The first kappa shape index (κ1) is 15.5. The number of rotatable bonds is 3. The molecule has 0 bridgehead atoms. The van der Waals surface area contributed by atoms with Crippen LogP contribution in [0.2, 0.25) is 0 Å². The van der Waals surface area contributed by atoms with Gasteiger partial charge in [-0.15, -0.1) is 21.5 Å². The van der Waals surface area contributed by atoms with Gasteiger partial charge in [0.15, 0.2) is 0 Å². The summed E-state index contributed by atoms with van der Waals surface area (Å²) in [5, 5.41) is 13.2. The number of hydrogen-bond donors (Lipinski definition) is 1. The topological polar surface area (TPSA) is 68.5 Å². The molecule has 3 aromatic heterocycles. The van der Waals surface area contributed by atoms with Gasteiger partial charge in [0.1, 0.15) is 28.1 Å². The van der Waals surface area contributed by atoms with Gasteiger partial charge in [-0.2, -0.15) is 0 Å². The smallest absolute Gasteiger partial charge is 0.138 e. The third kappa shape index (κ3) is 2.56. The van der Waals surface area contributed by atoms with Crippen LogP contribution in [0.1, 0.15) is 34.3 Å². The number of thiophene rings is 1. The maximum Gasteiger partial charge on any atom is 0.138 e. The molecule has 126 valence electrons. The summed E-state index contributed by atoms with van der Waals surface area (Å²) in [6.45, 7) is 10.2. The van der Waals surface area contributed by atoms with Crippen molar-refractivity contribution in [2.75, 3.05) is 11.9 Å². The van der Waals surface area contributed by atoms with Crippen LogP contribution < -0.4 is 5.32 Å². The maximum atomic E-state index is 4.66. The Kier molecular flexibility index (Phi) is 3.75. The summed E-state index contributed by atoms with van der Waals surface area (Å²) in [5.74, 6) is 4.50. The lowest BCUT2D eigenvalue weighted by molar-refractivity contribution is 0.377. The summed E-state index contributed by atoms with van der Waals surface area (Å²) >= 11 is 1.75. The van der Waals surface area contributed by atoms with Gasteiger partial charge in [0.05, 0.1) is 5.39 Å². The highest BCUT2D eigenvalue weighted by Crippen LogP contribution is 2.33. The van der Waals surface area contributed by atoms with Crippen molar-refractivity contribution < 1.29 is 0 Å². The molecule has 1 aliphatic heterocycles. The first-order chi connectivity index (χ1) is 11.5. The minimum absolute atomic E-state index is 0.567. The van der Waals surface area contributed by atoms with E-state index in [-0.39, 0.29) is 0 Å². The molecule has 6 nitrogen and oxygen atoms in total. The van der Waals surface area contributed by atoms with E-state index in [0.29, 0.717) is 5.92 Å². The van der Waals surface area contributed by atoms with Crippen molar-refractivity contribution in [2.45, 2.75) is 47.1 Å². The van der Waals surface area contributed by atoms with E-state index in [1.54, 1.807) is 11.3 Å². The van der Waals surface area contributed by atoms with Crippen molar-refractivity contribution >= 4 is 27.4 Å². The van der Waals surface area contributed by atoms with Gasteiger partial charge in [-0.05, 0) is 45.6 Å². The second-order valence-corrected chi connectivity index (χ2v) is 7.85. The Balaban J connectivity index is 1.56. The highest BCUT2D eigenvalue weighted by Gasteiger charge is 2.22. The zero-order chi connectivity index (χ0) is 16.8.